The highest BCUT2D eigenvalue weighted by Crippen LogP contribution is 1.89. The van der Waals surface area contributed by atoms with E-state index in [2.05, 4.69) is 16.7 Å². The molecule has 2 N–H and O–H groups in total. The second kappa shape index (κ2) is 9.47. The van der Waals surface area contributed by atoms with Crippen molar-refractivity contribution in [1.82, 2.24) is 10.6 Å². The number of hydrogen-bond donors (Lipinski definition) is 2. The van der Waals surface area contributed by atoms with Crippen molar-refractivity contribution in [2.75, 3.05) is 13.1 Å². The topological polar surface area (TPSA) is 64.9 Å². The quantitative estimate of drug-likeness (QED) is 0.593. The highest BCUT2D eigenvalue weighted by molar-refractivity contribution is 5.76. The molecule has 0 radical (unpaired) electrons. The zero-order valence-corrected chi connectivity index (χ0v) is 9.68. The third-order valence-corrected chi connectivity index (χ3v) is 2.19. The molecule has 0 aromatic rings. The Morgan fingerprint density at radius 3 is 2.80 bits per heavy atom. The molecule has 1 amide bonds. The summed E-state index contributed by atoms with van der Waals surface area (Å²) in [6.45, 7) is 5.54. The third kappa shape index (κ3) is 9.23. The first-order valence-corrected chi connectivity index (χ1v) is 5.57. The molecule has 4 nitrogen and oxygen atoms in total. The smallest absolute Gasteiger partial charge is 0.221 e. The van der Waals surface area contributed by atoms with Crippen molar-refractivity contribution >= 4 is 5.91 Å². The molecule has 4 heteroatoms. The lowest BCUT2D eigenvalue weighted by Crippen LogP contribution is -2.34. The fraction of sp³-hybridized carbons (Fsp3) is 0.818. The van der Waals surface area contributed by atoms with Crippen molar-refractivity contribution in [2.24, 2.45) is 0 Å². The van der Waals surface area contributed by atoms with Gasteiger partial charge in [-0.3, -0.25) is 4.79 Å². The molecule has 86 valence electrons. The van der Waals surface area contributed by atoms with Crippen LogP contribution in [0.1, 0.15) is 39.5 Å². The second-order valence-corrected chi connectivity index (χ2v) is 3.64. The van der Waals surface area contributed by atoms with E-state index in [1.54, 1.807) is 0 Å². The van der Waals surface area contributed by atoms with Gasteiger partial charge in [0, 0.05) is 25.4 Å². The Balaban J connectivity index is 3.28. The molecule has 0 saturated heterocycles. The van der Waals surface area contributed by atoms with Crippen molar-refractivity contribution in [3.8, 4) is 6.07 Å². The van der Waals surface area contributed by atoms with Gasteiger partial charge in [0.1, 0.15) is 0 Å². The monoisotopic (exact) mass is 211 g/mol. The molecular weight excluding hydrogens is 190 g/mol. The van der Waals surface area contributed by atoms with Crippen LogP contribution in [0, 0.1) is 11.3 Å². The van der Waals surface area contributed by atoms with Crippen LogP contribution in [0.25, 0.3) is 0 Å². The summed E-state index contributed by atoms with van der Waals surface area (Å²) >= 11 is 0. The molecule has 0 bridgehead atoms. The van der Waals surface area contributed by atoms with Gasteiger partial charge in [-0.2, -0.15) is 5.26 Å². The number of nitriles is 1. The molecule has 0 aliphatic rings. The predicted molar refractivity (Wildman–Crippen MR) is 60.2 cm³/mol. The molecule has 0 aromatic carbocycles. The van der Waals surface area contributed by atoms with E-state index in [9.17, 15) is 4.79 Å². The summed E-state index contributed by atoms with van der Waals surface area (Å²) in [5, 5.41) is 14.3. The van der Waals surface area contributed by atoms with Crippen LogP contribution in [-0.2, 0) is 4.79 Å². The first-order chi connectivity index (χ1) is 7.20. The molecule has 0 fully saturated rings. The maximum atomic E-state index is 11.3. The van der Waals surface area contributed by atoms with E-state index in [0.29, 0.717) is 19.4 Å². The van der Waals surface area contributed by atoms with Gasteiger partial charge in [0.15, 0.2) is 0 Å². The number of carbonyl (C=O) groups is 1. The highest BCUT2D eigenvalue weighted by Gasteiger charge is 2.03. The molecule has 15 heavy (non-hydrogen) atoms. The minimum absolute atomic E-state index is 0.0946. The summed E-state index contributed by atoms with van der Waals surface area (Å²) in [7, 11) is 0. The van der Waals surface area contributed by atoms with Crippen molar-refractivity contribution in [1.29, 1.82) is 5.26 Å². The van der Waals surface area contributed by atoms with Crippen LogP contribution >= 0.6 is 0 Å². The van der Waals surface area contributed by atoms with E-state index in [0.717, 1.165) is 19.4 Å². The average molecular weight is 211 g/mol. The highest BCUT2D eigenvalue weighted by atomic mass is 16.1. The van der Waals surface area contributed by atoms with E-state index < -0.39 is 0 Å². The summed E-state index contributed by atoms with van der Waals surface area (Å²) in [6, 6.07) is 2.34. The lowest BCUT2D eigenvalue weighted by Gasteiger charge is -2.11. The molecule has 0 heterocycles. The zero-order valence-electron chi connectivity index (χ0n) is 9.68. The number of amides is 1. The summed E-state index contributed by atoms with van der Waals surface area (Å²) < 4.78 is 0. The number of nitrogens with zero attached hydrogens (tertiary/aromatic N) is 1. The van der Waals surface area contributed by atoms with Crippen molar-refractivity contribution < 1.29 is 4.79 Å². The van der Waals surface area contributed by atoms with Gasteiger partial charge in [0.2, 0.25) is 5.91 Å². The van der Waals surface area contributed by atoms with Crippen molar-refractivity contribution in [3.63, 3.8) is 0 Å². The van der Waals surface area contributed by atoms with E-state index in [4.69, 9.17) is 5.26 Å². The maximum absolute atomic E-state index is 11.3. The molecular formula is C11H21N3O. The standard InChI is InChI=1S/C11H21N3O/c1-3-10(2)14-11(15)6-9-13-8-5-4-7-12/h10,13H,3-6,8-9H2,1-2H3,(H,14,15). The Hall–Kier alpha value is -1.08. The molecule has 0 rings (SSSR count). The van der Waals surface area contributed by atoms with Crippen LogP contribution in [0.4, 0.5) is 0 Å². The van der Waals surface area contributed by atoms with Gasteiger partial charge in [-0.25, -0.2) is 0 Å². The van der Waals surface area contributed by atoms with Crippen LogP contribution in [0.2, 0.25) is 0 Å². The van der Waals surface area contributed by atoms with Gasteiger partial charge in [0.05, 0.1) is 6.07 Å². The molecule has 1 unspecified atom stereocenters. The fourth-order valence-corrected chi connectivity index (χ4v) is 1.07. The molecule has 0 aliphatic carbocycles. The first kappa shape index (κ1) is 13.9. The normalized spacial score (nSPS) is 11.8. The zero-order chi connectivity index (χ0) is 11.5. The third-order valence-electron chi connectivity index (χ3n) is 2.19. The Morgan fingerprint density at radius 1 is 1.47 bits per heavy atom. The lowest BCUT2D eigenvalue weighted by molar-refractivity contribution is -0.121. The number of unbranched alkanes of at least 4 members (excludes halogenated alkanes) is 1. The van der Waals surface area contributed by atoms with E-state index in [-0.39, 0.29) is 11.9 Å². The Kier molecular flexibility index (Phi) is 8.79. The van der Waals surface area contributed by atoms with Crippen LogP contribution in [0.15, 0.2) is 0 Å². The fourth-order valence-electron chi connectivity index (χ4n) is 1.07. The van der Waals surface area contributed by atoms with Crippen molar-refractivity contribution in [2.45, 2.75) is 45.6 Å². The molecule has 0 aromatic heterocycles. The molecule has 1 atom stereocenters. The molecule has 0 spiro atoms. The number of nitrogens with one attached hydrogen (secondary N) is 2. The van der Waals surface area contributed by atoms with E-state index in [1.165, 1.54) is 0 Å². The van der Waals surface area contributed by atoms with Gasteiger partial charge in [-0.1, -0.05) is 6.92 Å². The summed E-state index contributed by atoms with van der Waals surface area (Å²) in [5.41, 5.74) is 0. The summed E-state index contributed by atoms with van der Waals surface area (Å²) in [4.78, 5) is 11.3. The van der Waals surface area contributed by atoms with Crippen molar-refractivity contribution in [3.05, 3.63) is 0 Å². The van der Waals surface area contributed by atoms with E-state index >= 15 is 0 Å². The number of carbonyl (C=O) groups excluding carboxylic acids is 1. The Labute approximate surface area is 92.0 Å². The SMILES string of the molecule is CCC(C)NC(=O)CCNCCCC#N. The first-order valence-electron chi connectivity index (χ1n) is 5.57. The lowest BCUT2D eigenvalue weighted by atomic mass is 10.2. The summed E-state index contributed by atoms with van der Waals surface area (Å²) in [6.07, 6.45) is 2.90. The van der Waals surface area contributed by atoms with Crippen LogP contribution in [0.5, 0.6) is 0 Å². The molecule has 0 aliphatic heterocycles. The summed E-state index contributed by atoms with van der Waals surface area (Å²) in [5.74, 6) is 0.0946. The van der Waals surface area contributed by atoms with Gasteiger partial charge in [-0.15, -0.1) is 0 Å². The van der Waals surface area contributed by atoms with Gasteiger partial charge in [-0.05, 0) is 26.3 Å². The van der Waals surface area contributed by atoms with Gasteiger partial charge in [0.25, 0.3) is 0 Å². The maximum Gasteiger partial charge on any atom is 0.221 e. The minimum atomic E-state index is 0.0946. The largest absolute Gasteiger partial charge is 0.354 e. The van der Waals surface area contributed by atoms with Gasteiger partial charge < -0.3 is 10.6 Å². The van der Waals surface area contributed by atoms with E-state index in [1.807, 2.05) is 13.8 Å². The average Bonchev–Trinajstić information content (AvgIpc) is 2.23. The Bertz CT molecular complexity index is 210. The van der Waals surface area contributed by atoms with Gasteiger partial charge >= 0.3 is 0 Å². The predicted octanol–water partition coefficient (Wildman–Crippen LogP) is 1.18. The minimum Gasteiger partial charge on any atom is -0.354 e. The number of rotatable bonds is 8. The molecule has 0 saturated carbocycles. The number of hydrogen-bond acceptors (Lipinski definition) is 3. The van der Waals surface area contributed by atoms with Crippen LogP contribution < -0.4 is 10.6 Å². The second-order valence-electron chi connectivity index (χ2n) is 3.64. The van der Waals surface area contributed by atoms with Crippen LogP contribution in [0.3, 0.4) is 0 Å². The van der Waals surface area contributed by atoms with Crippen LogP contribution in [-0.4, -0.2) is 25.0 Å². The Morgan fingerprint density at radius 2 is 2.20 bits per heavy atom.